The molecule has 1 fully saturated rings. The Morgan fingerprint density at radius 3 is 2.39 bits per heavy atom. The number of hydrogen-bond donors (Lipinski definition) is 0. The lowest BCUT2D eigenvalue weighted by Gasteiger charge is -2.07. The predicted molar refractivity (Wildman–Crippen MR) is 90.6 cm³/mol. The molecule has 0 N–H and O–H groups in total. The van der Waals surface area contributed by atoms with E-state index in [1.54, 1.807) is 14.2 Å². The van der Waals surface area contributed by atoms with Gasteiger partial charge in [0.1, 0.15) is 0 Å². The molecule has 3 rings (SSSR count). The lowest BCUT2D eigenvalue weighted by Crippen LogP contribution is -2.09. The Bertz CT molecular complexity index is 797. The van der Waals surface area contributed by atoms with Crippen LogP contribution in [0.4, 0.5) is 0 Å². The molecule has 2 unspecified atom stereocenters. The van der Waals surface area contributed by atoms with Crippen molar-refractivity contribution in [1.29, 1.82) is 0 Å². The Morgan fingerprint density at radius 2 is 1.78 bits per heavy atom. The second kappa shape index (κ2) is 6.13. The summed E-state index contributed by atoms with van der Waals surface area (Å²) in [7, 11) is 4.49. The molecule has 1 aliphatic carbocycles. The van der Waals surface area contributed by atoms with Crippen molar-refractivity contribution < 1.29 is 23.8 Å². The van der Waals surface area contributed by atoms with Crippen molar-refractivity contribution in [3.05, 3.63) is 21.5 Å². The zero-order chi connectivity index (χ0) is 16.7. The molecule has 7 heteroatoms. The predicted octanol–water partition coefficient (Wildman–Crippen LogP) is 3.67. The summed E-state index contributed by atoms with van der Waals surface area (Å²) < 4.78 is 17.0. The van der Waals surface area contributed by atoms with Crippen LogP contribution in [-0.4, -0.2) is 33.1 Å². The number of benzene rings is 1. The number of carbonyl (C=O) groups is 2. The topological polar surface area (TPSA) is 61.8 Å². The minimum absolute atomic E-state index is 0.0218. The fourth-order valence-electron chi connectivity index (χ4n) is 2.62. The first-order valence-electron chi connectivity index (χ1n) is 6.97. The molecule has 0 saturated heterocycles. The number of hydrogen-bond acceptors (Lipinski definition) is 6. The maximum atomic E-state index is 12.6. The van der Waals surface area contributed by atoms with Crippen LogP contribution in [0.1, 0.15) is 16.1 Å². The van der Waals surface area contributed by atoms with Gasteiger partial charge in [0.25, 0.3) is 0 Å². The second-order valence-electron chi connectivity index (χ2n) is 5.28. The summed E-state index contributed by atoms with van der Waals surface area (Å²) in [5, 5.41) is 0.895. The van der Waals surface area contributed by atoms with Crippen molar-refractivity contribution in [3.63, 3.8) is 0 Å². The summed E-state index contributed by atoms with van der Waals surface area (Å²) in [6, 6.07) is 3.70. The fourth-order valence-corrected chi connectivity index (χ4v) is 4.62. The van der Waals surface area contributed by atoms with E-state index < -0.39 is 0 Å². The standard InChI is InChI=1S/C16H15BrO5S/c1-20-10-5-9-12(6-11(10)21-2)23-15(13(9)17)14(18)7-4-8(7)16(19)22-3/h5-8H,4H2,1-3H3. The molecule has 1 aromatic carbocycles. The van der Waals surface area contributed by atoms with Gasteiger partial charge in [0, 0.05) is 26.5 Å². The minimum Gasteiger partial charge on any atom is -0.493 e. The smallest absolute Gasteiger partial charge is 0.309 e. The van der Waals surface area contributed by atoms with Gasteiger partial charge in [-0.15, -0.1) is 11.3 Å². The van der Waals surface area contributed by atoms with Gasteiger partial charge < -0.3 is 14.2 Å². The van der Waals surface area contributed by atoms with Crippen LogP contribution >= 0.6 is 27.3 Å². The van der Waals surface area contributed by atoms with E-state index in [1.807, 2.05) is 12.1 Å². The highest BCUT2D eigenvalue weighted by Gasteiger charge is 2.49. The molecule has 1 saturated carbocycles. The molecule has 1 aromatic heterocycles. The maximum Gasteiger partial charge on any atom is 0.309 e. The molecular weight excluding hydrogens is 384 g/mol. The number of carbonyl (C=O) groups excluding carboxylic acids is 2. The zero-order valence-electron chi connectivity index (χ0n) is 12.8. The number of halogens is 1. The third-order valence-electron chi connectivity index (χ3n) is 3.99. The van der Waals surface area contributed by atoms with Crippen molar-refractivity contribution in [2.24, 2.45) is 11.8 Å². The normalized spacial score (nSPS) is 19.5. The molecule has 2 atom stereocenters. The first-order valence-corrected chi connectivity index (χ1v) is 8.58. The number of fused-ring (bicyclic) bond motifs is 1. The van der Waals surface area contributed by atoms with Crippen LogP contribution in [0.5, 0.6) is 11.5 Å². The third-order valence-corrected chi connectivity index (χ3v) is 6.24. The molecule has 2 aromatic rings. The number of ketones is 1. The van der Waals surface area contributed by atoms with Crippen molar-refractivity contribution in [2.45, 2.75) is 6.42 Å². The number of thiophene rings is 1. The summed E-state index contributed by atoms with van der Waals surface area (Å²) in [6.07, 6.45) is 0.554. The Balaban J connectivity index is 1.98. The van der Waals surface area contributed by atoms with E-state index in [-0.39, 0.29) is 23.6 Å². The Hall–Kier alpha value is -1.60. The molecule has 0 bridgehead atoms. The fraction of sp³-hybridized carbons (Fsp3) is 0.375. The number of rotatable bonds is 5. The molecule has 122 valence electrons. The molecule has 0 amide bonds. The highest BCUT2D eigenvalue weighted by Crippen LogP contribution is 2.47. The van der Waals surface area contributed by atoms with E-state index in [0.717, 1.165) is 14.6 Å². The van der Waals surface area contributed by atoms with Gasteiger partial charge in [-0.2, -0.15) is 0 Å². The Kier molecular flexibility index (Phi) is 4.33. The number of esters is 1. The highest BCUT2D eigenvalue weighted by atomic mass is 79.9. The summed E-state index contributed by atoms with van der Waals surface area (Å²) in [5.74, 6) is 0.294. The molecule has 5 nitrogen and oxygen atoms in total. The lowest BCUT2D eigenvalue weighted by atomic mass is 10.1. The van der Waals surface area contributed by atoms with Gasteiger partial charge in [0.05, 0.1) is 32.1 Å². The Morgan fingerprint density at radius 1 is 1.13 bits per heavy atom. The molecule has 0 aliphatic heterocycles. The van der Waals surface area contributed by atoms with Crippen molar-refractivity contribution >= 4 is 49.1 Å². The van der Waals surface area contributed by atoms with E-state index in [0.29, 0.717) is 22.8 Å². The van der Waals surface area contributed by atoms with Gasteiger partial charge >= 0.3 is 5.97 Å². The van der Waals surface area contributed by atoms with E-state index in [2.05, 4.69) is 15.9 Å². The van der Waals surface area contributed by atoms with Crippen LogP contribution in [-0.2, 0) is 9.53 Å². The summed E-state index contributed by atoms with van der Waals surface area (Å²) in [6.45, 7) is 0. The molecule has 23 heavy (non-hydrogen) atoms. The van der Waals surface area contributed by atoms with Crippen LogP contribution in [0.15, 0.2) is 16.6 Å². The molecular formula is C16H15BrO5S. The van der Waals surface area contributed by atoms with Crippen LogP contribution < -0.4 is 9.47 Å². The average molecular weight is 399 g/mol. The number of methoxy groups -OCH3 is 3. The zero-order valence-corrected chi connectivity index (χ0v) is 15.2. The highest BCUT2D eigenvalue weighted by molar-refractivity contribution is 9.10. The van der Waals surface area contributed by atoms with Crippen LogP contribution in [0.3, 0.4) is 0 Å². The van der Waals surface area contributed by atoms with Gasteiger partial charge in [0.2, 0.25) is 0 Å². The van der Waals surface area contributed by atoms with Crippen LogP contribution in [0.25, 0.3) is 10.1 Å². The quantitative estimate of drug-likeness (QED) is 0.567. The van der Waals surface area contributed by atoms with E-state index >= 15 is 0 Å². The molecule has 1 heterocycles. The SMILES string of the molecule is COC(=O)C1CC1C(=O)c1sc2cc(OC)c(OC)cc2c1Br. The molecule has 1 aliphatic rings. The molecule has 0 spiro atoms. The van der Waals surface area contributed by atoms with Gasteiger partial charge in [0.15, 0.2) is 17.3 Å². The van der Waals surface area contributed by atoms with Crippen LogP contribution in [0, 0.1) is 11.8 Å². The summed E-state index contributed by atoms with van der Waals surface area (Å²) in [5.41, 5.74) is 0. The largest absolute Gasteiger partial charge is 0.493 e. The van der Waals surface area contributed by atoms with Gasteiger partial charge in [-0.25, -0.2) is 0 Å². The minimum atomic E-state index is -0.316. The monoisotopic (exact) mass is 398 g/mol. The van der Waals surface area contributed by atoms with Crippen molar-refractivity contribution in [1.82, 2.24) is 0 Å². The lowest BCUT2D eigenvalue weighted by molar-refractivity contribution is -0.142. The molecule has 0 radical (unpaired) electrons. The summed E-state index contributed by atoms with van der Waals surface area (Å²) in [4.78, 5) is 24.8. The average Bonchev–Trinajstić information content (AvgIpc) is 3.31. The van der Waals surface area contributed by atoms with Crippen molar-refractivity contribution in [3.8, 4) is 11.5 Å². The van der Waals surface area contributed by atoms with Gasteiger partial charge in [-0.1, -0.05) is 0 Å². The number of Topliss-reactive ketones (excluding diaryl/α,β-unsaturated/α-hetero) is 1. The van der Waals surface area contributed by atoms with Gasteiger partial charge in [-0.05, 0) is 28.4 Å². The van der Waals surface area contributed by atoms with Gasteiger partial charge in [-0.3, -0.25) is 9.59 Å². The van der Waals surface area contributed by atoms with Crippen LogP contribution in [0.2, 0.25) is 0 Å². The third kappa shape index (κ3) is 2.72. The second-order valence-corrected chi connectivity index (χ2v) is 7.13. The van der Waals surface area contributed by atoms with E-state index in [1.165, 1.54) is 18.4 Å². The first-order chi connectivity index (χ1) is 11.0. The number of ether oxygens (including phenoxy) is 3. The maximum absolute atomic E-state index is 12.6. The van der Waals surface area contributed by atoms with Crippen molar-refractivity contribution in [2.75, 3.05) is 21.3 Å². The Labute approximate surface area is 145 Å². The summed E-state index contributed by atoms with van der Waals surface area (Å²) >= 11 is 4.90. The van der Waals surface area contributed by atoms with E-state index in [4.69, 9.17) is 14.2 Å². The van der Waals surface area contributed by atoms with E-state index in [9.17, 15) is 9.59 Å². The first kappa shape index (κ1) is 16.3.